The molecule has 0 aromatic heterocycles. The quantitative estimate of drug-likeness (QED) is 0.197. The second kappa shape index (κ2) is 13.1. The standard InChI is InChI=1S/C36H36F2O2/c1-3-5-6-7-32-21-20-31(24-40-32)29-14-12-27(13-15-29)25-8-10-26(11-9-25)28-16-18-30(19-17-28)33-22-23-34(39-4-2)36(38)35(33)37/h3,5,8-19,22-23,31-32H,4,6-7,20-21,24H2,1-2H3. The van der Waals surface area contributed by atoms with Crippen molar-refractivity contribution in [3.63, 3.8) is 0 Å². The van der Waals surface area contributed by atoms with Crippen molar-refractivity contribution in [2.75, 3.05) is 13.2 Å². The average Bonchev–Trinajstić information content (AvgIpc) is 3.01. The van der Waals surface area contributed by atoms with E-state index in [0.717, 1.165) is 42.6 Å². The van der Waals surface area contributed by atoms with Crippen LogP contribution in [0.2, 0.25) is 0 Å². The van der Waals surface area contributed by atoms with Crippen molar-refractivity contribution < 1.29 is 18.3 Å². The molecule has 1 aliphatic heterocycles. The second-order valence-corrected chi connectivity index (χ2v) is 10.3. The molecule has 206 valence electrons. The highest BCUT2D eigenvalue weighted by molar-refractivity contribution is 5.73. The van der Waals surface area contributed by atoms with Crippen LogP contribution in [-0.4, -0.2) is 19.3 Å². The van der Waals surface area contributed by atoms with Gasteiger partial charge in [-0.05, 0) is 85.0 Å². The highest BCUT2D eigenvalue weighted by Crippen LogP contribution is 2.33. The Morgan fingerprint density at radius 3 is 1.85 bits per heavy atom. The van der Waals surface area contributed by atoms with Gasteiger partial charge in [-0.25, -0.2) is 4.39 Å². The van der Waals surface area contributed by atoms with Crippen molar-refractivity contribution >= 4 is 0 Å². The number of hydrogen-bond donors (Lipinski definition) is 0. The minimum Gasteiger partial charge on any atom is -0.491 e. The molecule has 4 heteroatoms. The van der Waals surface area contributed by atoms with E-state index in [0.29, 0.717) is 17.6 Å². The maximum absolute atomic E-state index is 14.6. The van der Waals surface area contributed by atoms with E-state index in [4.69, 9.17) is 9.47 Å². The first kappa shape index (κ1) is 27.8. The first-order valence-corrected chi connectivity index (χ1v) is 14.2. The van der Waals surface area contributed by atoms with E-state index >= 15 is 0 Å². The number of allylic oxidation sites excluding steroid dienone is 2. The molecule has 0 N–H and O–H groups in total. The van der Waals surface area contributed by atoms with Crippen LogP contribution in [0, 0.1) is 11.6 Å². The fourth-order valence-electron chi connectivity index (χ4n) is 5.41. The zero-order valence-electron chi connectivity index (χ0n) is 23.2. The number of benzene rings is 4. The third-order valence-electron chi connectivity index (χ3n) is 7.74. The van der Waals surface area contributed by atoms with Gasteiger partial charge in [0.15, 0.2) is 11.6 Å². The van der Waals surface area contributed by atoms with Gasteiger partial charge in [0, 0.05) is 11.5 Å². The number of rotatable bonds is 9. The summed E-state index contributed by atoms with van der Waals surface area (Å²) in [5.74, 6) is -1.45. The molecule has 1 saturated heterocycles. The van der Waals surface area contributed by atoms with Crippen LogP contribution in [0.3, 0.4) is 0 Å². The molecule has 2 nitrogen and oxygen atoms in total. The molecule has 0 aliphatic carbocycles. The molecule has 0 spiro atoms. The van der Waals surface area contributed by atoms with Crippen molar-refractivity contribution in [1.82, 2.24) is 0 Å². The molecular weight excluding hydrogens is 502 g/mol. The molecule has 1 heterocycles. The Balaban J connectivity index is 1.22. The van der Waals surface area contributed by atoms with Crippen LogP contribution in [0.15, 0.2) is 97.1 Å². The summed E-state index contributed by atoms with van der Waals surface area (Å²) in [6.45, 7) is 4.88. The lowest BCUT2D eigenvalue weighted by atomic mass is 9.89. The van der Waals surface area contributed by atoms with Crippen LogP contribution in [0.25, 0.3) is 33.4 Å². The van der Waals surface area contributed by atoms with Crippen LogP contribution >= 0.6 is 0 Å². The first-order valence-electron chi connectivity index (χ1n) is 14.2. The van der Waals surface area contributed by atoms with Gasteiger partial charge in [-0.3, -0.25) is 0 Å². The van der Waals surface area contributed by atoms with E-state index in [-0.39, 0.29) is 17.9 Å². The molecule has 5 rings (SSSR count). The van der Waals surface area contributed by atoms with Gasteiger partial charge in [0.25, 0.3) is 0 Å². The Morgan fingerprint density at radius 1 is 0.750 bits per heavy atom. The summed E-state index contributed by atoms with van der Waals surface area (Å²) >= 11 is 0. The van der Waals surface area contributed by atoms with Gasteiger partial charge in [-0.2, -0.15) is 4.39 Å². The summed E-state index contributed by atoms with van der Waals surface area (Å²) in [6.07, 6.45) is 9.21. The third-order valence-corrected chi connectivity index (χ3v) is 7.74. The molecule has 0 amide bonds. The topological polar surface area (TPSA) is 18.5 Å². The van der Waals surface area contributed by atoms with Gasteiger partial charge >= 0.3 is 0 Å². The molecule has 2 atom stereocenters. The maximum Gasteiger partial charge on any atom is 0.201 e. The average molecular weight is 539 g/mol. The van der Waals surface area contributed by atoms with Gasteiger partial charge in [-0.15, -0.1) is 0 Å². The molecule has 1 fully saturated rings. The van der Waals surface area contributed by atoms with E-state index in [1.807, 2.05) is 24.3 Å². The molecule has 2 unspecified atom stereocenters. The molecule has 40 heavy (non-hydrogen) atoms. The Morgan fingerprint density at radius 2 is 1.32 bits per heavy atom. The number of ether oxygens (including phenoxy) is 2. The minimum atomic E-state index is -0.955. The summed E-state index contributed by atoms with van der Waals surface area (Å²) < 4.78 is 40.3. The van der Waals surface area contributed by atoms with E-state index < -0.39 is 11.6 Å². The van der Waals surface area contributed by atoms with E-state index in [9.17, 15) is 8.78 Å². The molecule has 0 bridgehead atoms. The Bertz CT molecular complexity index is 1420. The molecule has 1 aliphatic rings. The van der Waals surface area contributed by atoms with E-state index in [1.54, 1.807) is 13.0 Å². The van der Waals surface area contributed by atoms with Crippen molar-refractivity contribution in [2.45, 2.75) is 51.6 Å². The van der Waals surface area contributed by atoms with Gasteiger partial charge < -0.3 is 9.47 Å². The van der Waals surface area contributed by atoms with Crippen molar-refractivity contribution in [2.24, 2.45) is 0 Å². The zero-order valence-corrected chi connectivity index (χ0v) is 23.2. The molecule has 0 radical (unpaired) electrons. The largest absolute Gasteiger partial charge is 0.491 e. The third kappa shape index (κ3) is 6.34. The summed E-state index contributed by atoms with van der Waals surface area (Å²) in [4.78, 5) is 0. The number of halogens is 2. The van der Waals surface area contributed by atoms with E-state index in [1.165, 1.54) is 23.6 Å². The summed E-state index contributed by atoms with van der Waals surface area (Å²) in [5.41, 5.74) is 6.59. The van der Waals surface area contributed by atoms with Crippen LogP contribution in [0.4, 0.5) is 8.78 Å². The number of hydrogen-bond acceptors (Lipinski definition) is 2. The molecule has 0 saturated carbocycles. The van der Waals surface area contributed by atoms with Gasteiger partial charge in [0.05, 0.1) is 19.3 Å². The van der Waals surface area contributed by atoms with Crippen molar-refractivity contribution in [3.05, 3.63) is 114 Å². The normalized spacial score (nSPS) is 17.3. The Kier molecular flexibility index (Phi) is 9.08. The predicted octanol–water partition coefficient (Wildman–Crippen LogP) is 9.98. The van der Waals surface area contributed by atoms with Crippen LogP contribution in [-0.2, 0) is 4.74 Å². The summed E-state index contributed by atoms with van der Waals surface area (Å²) in [7, 11) is 0. The second-order valence-electron chi connectivity index (χ2n) is 10.3. The summed E-state index contributed by atoms with van der Waals surface area (Å²) in [6, 6.07) is 27.8. The van der Waals surface area contributed by atoms with Crippen LogP contribution in [0.1, 0.15) is 51.0 Å². The predicted molar refractivity (Wildman–Crippen MR) is 160 cm³/mol. The molecule has 4 aromatic rings. The first-order chi connectivity index (χ1) is 19.6. The molecular formula is C36H36F2O2. The smallest absolute Gasteiger partial charge is 0.201 e. The van der Waals surface area contributed by atoms with Gasteiger partial charge in [0.2, 0.25) is 5.82 Å². The van der Waals surface area contributed by atoms with Crippen molar-refractivity contribution in [1.29, 1.82) is 0 Å². The maximum atomic E-state index is 14.6. The Labute approximate surface area is 236 Å². The zero-order chi connectivity index (χ0) is 27.9. The van der Waals surface area contributed by atoms with Crippen molar-refractivity contribution in [3.8, 4) is 39.1 Å². The minimum absolute atomic E-state index is 0.0672. The lowest BCUT2D eigenvalue weighted by Crippen LogP contribution is -2.24. The van der Waals surface area contributed by atoms with E-state index in [2.05, 4.69) is 67.6 Å². The SMILES string of the molecule is CC=CCCC1CCC(c2ccc(-c3ccc(-c4ccc(-c5ccc(OCC)c(F)c5F)cc4)cc3)cc2)CO1. The lowest BCUT2D eigenvalue weighted by molar-refractivity contribution is -0.000184. The lowest BCUT2D eigenvalue weighted by Gasteiger charge is -2.29. The molecule has 4 aromatic carbocycles. The van der Waals surface area contributed by atoms with Crippen LogP contribution in [0.5, 0.6) is 5.75 Å². The fraction of sp³-hybridized carbons (Fsp3) is 0.278. The summed E-state index contributed by atoms with van der Waals surface area (Å²) in [5, 5.41) is 0. The van der Waals surface area contributed by atoms with Crippen LogP contribution < -0.4 is 4.74 Å². The fourth-order valence-corrected chi connectivity index (χ4v) is 5.41. The monoisotopic (exact) mass is 538 g/mol. The highest BCUT2D eigenvalue weighted by atomic mass is 19.2. The Hall–Kier alpha value is -3.76. The van der Waals surface area contributed by atoms with Gasteiger partial charge in [-0.1, -0.05) is 84.9 Å². The van der Waals surface area contributed by atoms with Gasteiger partial charge in [0.1, 0.15) is 0 Å². The highest BCUT2D eigenvalue weighted by Gasteiger charge is 2.22.